The van der Waals surface area contributed by atoms with Crippen molar-refractivity contribution in [3.8, 4) is 0 Å². The highest BCUT2D eigenvalue weighted by Gasteiger charge is 2.04. The van der Waals surface area contributed by atoms with E-state index < -0.39 is 10.0 Å². The quantitative estimate of drug-likeness (QED) is 0.290. The number of nitrogens with one attached hydrogen (secondary N) is 3. The summed E-state index contributed by atoms with van der Waals surface area (Å²) in [5.41, 5.74) is 0. The van der Waals surface area contributed by atoms with Crippen LogP contribution in [0.4, 0.5) is 0 Å². The van der Waals surface area contributed by atoms with Gasteiger partial charge in [0.25, 0.3) is 0 Å². The Hall–Kier alpha value is -0.860. The standard InChI is InChI=1S/C10H24N4O3S/c1-4-17-9-8-13-10(11-3)12-6-7-14-18(15,16)5-2/h14H,4-9H2,1-3H3,(H2,11,12,13). The fourth-order valence-corrected chi connectivity index (χ4v) is 1.71. The van der Waals surface area contributed by atoms with Gasteiger partial charge in [0.05, 0.1) is 12.4 Å². The molecule has 0 unspecified atom stereocenters. The maximum Gasteiger partial charge on any atom is 0.211 e. The van der Waals surface area contributed by atoms with E-state index in [4.69, 9.17) is 4.74 Å². The number of hydrogen-bond donors (Lipinski definition) is 3. The molecule has 0 rings (SSSR count). The zero-order chi connectivity index (χ0) is 13.9. The van der Waals surface area contributed by atoms with Crippen LogP contribution >= 0.6 is 0 Å². The number of aliphatic imine (C=N–C) groups is 1. The minimum Gasteiger partial charge on any atom is -0.380 e. The third-order valence-electron chi connectivity index (χ3n) is 2.09. The van der Waals surface area contributed by atoms with Crippen LogP contribution in [0.1, 0.15) is 13.8 Å². The largest absolute Gasteiger partial charge is 0.380 e. The summed E-state index contributed by atoms with van der Waals surface area (Å²) in [6.45, 7) is 6.31. The van der Waals surface area contributed by atoms with E-state index in [-0.39, 0.29) is 5.75 Å². The van der Waals surface area contributed by atoms with Crippen molar-refractivity contribution >= 4 is 16.0 Å². The van der Waals surface area contributed by atoms with Crippen LogP contribution in [-0.4, -0.2) is 60.0 Å². The van der Waals surface area contributed by atoms with Crippen LogP contribution in [0.5, 0.6) is 0 Å². The highest BCUT2D eigenvalue weighted by molar-refractivity contribution is 7.89. The topological polar surface area (TPSA) is 91.8 Å². The van der Waals surface area contributed by atoms with E-state index in [9.17, 15) is 8.42 Å². The second kappa shape index (κ2) is 10.1. The van der Waals surface area contributed by atoms with Gasteiger partial charge in [-0.3, -0.25) is 4.99 Å². The molecular weight excluding hydrogens is 256 g/mol. The van der Waals surface area contributed by atoms with Gasteiger partial charge in [0, 0.05) is 33.3 Å². The third-order valence-corrected chi connectivity index (χ3v) is 3.49. The van der Waals surface area contributed by atoms with Crippen molar-refractivity contribution in [1.82, 2.24) is 15.4 Å². The van der Waals surface area contributed by atoms with E-state index in [1.165, 1.54) is 0 Å². The van der Waals surface area contributed by atoms with Gasteiger partial charge in [-0.05, 0) is 13.8 Å². The SMILES string of the molecule is CCOCCNC(=NC)NCCNS(=O)(=O)CC. The average Bonchev–Trinajstić information content (AvgIpc) is 2.37. The van der Waals surface area contributed by atoms with E-state index >= 15 is 0 Å². The smallest absolute Gasteiger partial charge is 0.211 e. The predicted octanol–water partition coefficient (Wildman–Crippen LogP) is -0.873. The Kier molecular flexibility index (Phi) is 9.62. The van der Waals surface area contributed by atoms with Crippen molar-refractivity contribution in [2.24, 2.45) is 4.99 Å². The highest BCUT2D eigenvalue weighted by Crippen LogP contribution is 1.80. The minimum atomic E-state index is -3.12. The van der Waals surface area contributed by atoms with Gasteiger partial charge in [-0.25, -0.2) is 13.1 Å². The Morgan fingerprint density at radius 2 is 1.83 bits per heavy atom. The molecule has 0 amide bonds. The molecule has 108 valence electrons. The fourth-order valence-electron chi connectivity index (χ4n) is 1.10. The molecule has 3 N–H and O–H groups in total. The molecule has 0 fully saturated rings. The molecule has 8 heteroatoms. The van der Waals surface area contributed by atoms with Crippen LogP contribution in [0.15, 0.2) is 4.99 Å². The van der Waals surface area contributed by atoms with Crippen LogP contribution in [0, 0.1) is 0 Å². The molecule has 0 aromatic carbocycles. The average molecular weight is 280 g/mol. The van der Waals surface area contributed by atoms with E-state index in [0.717, 1.165) is 0 Å². The number of rotatable bonds is 9. The van der Waals surface area contributed by atoms with Crippen molar-refractivity contribution in [3.05, 3.63) is 0 Å². The molecule has 18 heavy (non-hydrogen) atoms. The zero-order valence-electron chi connectivity index (χ0n) is 11.3. The van der Waals surface area contributed by atoms with Crippen LogP contribution in [0.3, 0.4) is 0 Å². The Morgan fingerprint density at radius 1 is 1.17 bits per heavy atom. The Morgan fingerprint density at radius 3 is 2.39 bits per heavy atom. The van der Waals surface area contributed by atoms with Crippen LogP contribution in [-0.2, 0) is 14.8 Å². The van der Waals surface area contributed by atoms with Crippen molar-refractivity contribution in [2.75, 3.05) is 45.6 Å². The van der Waals surface area contributed by atoms with E-state index in [0.29, 0.717) is 38.8 Å². The van der Waals surface area contributed by atoms with Gasteiger partial charge in [-0.1, -0.05) is 0 Å². The van der Waals surface area contributed by atoms with Crippen LogP contribution in [0.25, 0.3) is 0 Å². The monoisotopic (exact) mass is 280 g/mol. The van der Waals surface area contributed by atoms with Crippen LogP contribution < -0.4 is 15.4 Å². The van der Waals surface area contributed by atoms with Gasteiger partial charge < -0.3 is 15.4 Å². The summed E-state index contributed by atoms with van der Waals surface area (Å²) in [6, 6.07) is 0. The lowest BCUT2D eigenvalue weighted by Crippen LogP contribution is -2.42. The summed E-state index contributed by atoms with van der Waals surface area (Å²) in [4.78, 5) is 4.00. The molecule has 0 aromatic rings. The molecule has 0 aliphatic heterocycles. The maximum absolute atomic E-state index is 11.2. The maximum atomic E-state index is 11.2. The number of nitrogens with zero attached hydrogens (tertiary/aromatic N) is 1. The Labute approximate surface area is 109 Å². The summed E-state index contributed by atoms with van der Waals surface area (Å²) in [5, 5.41) is 6.05. The van der Waals surface area contributed by atoms with Crippen molar-refractivity contribution < 1.29 is 13.2 Å². The fraction of sp³-hybridized carbons (Fsp3) is 0.900. The molecule has 0 saturated heterocycles. The van der Waals surface area contributed by atoms with Gasteiger partial charge >= 0.3 is 0 Å². The minimum absolute atomic E-state index is 0.0916. The van der Waals surface area contributed by atoms with Crippen molar-refractivity contribution in [3.63, 3.8) is 0 Å². The number of guanidine groups is 1. The lowest BCUT2D eigenvalue weighted by molar-refractivity contribution is 0.152. The second-order valence-electron chi connectivity index (χ2n) is 3.42. The van der Waals surface area contributed by atoms with Gasteiger partial charge in [-0.2, -0.15) is 0 Å². The first-order valence-electron chi connectivity index (χ1n) is 6.05. The zero-order valence-corrected chi connectivity index (χ0v) is 12.1. The number of hydrogen-bond acceptors (Lipinski definition) is 4. The van der Waals surface area contributed by atoms with Gasteiger partial charge in [0.2, 0.25) is 10.0 Å². The molecule has 0 heterocycles. The van der Waals surface area contributed by atoms with E-state index in [1.54, 1.807) is 14.0 Å². The molecule has 0 bridgehead atoms. The highest BCUT2D eigenvalue weighted by atomic mass is 32.2. The lowest BCUT2D eigenvalue weighted by Gasteiger charge is -2.12. The first kappa shape index (κ1) is 17.1. The molecule has 0 aliphatic rings. The summed E-state index contributed by atoms with van der Waals surface area (Å²) >= 11 is 0. The second-order valence-corrected chi connectivity index (χ2v) is 5.52. The molecule has 0 radical (unpaired) electrons. The Balaban J connectivity index is 3.69. The van der Waals surface area contributed by atoms with Crippen molar-refractivity contribution in [2.45, 2.75) is 13.8 Å². The first-order valence-corrected chi connectivity index (χ1v) is 7.70. The Bertz CT molecular complexity index is 330. The van der Waals surface area contributed by atoms with E-state index in [2.05, 4.69) is 20.3 Å². The molecular formula is C10H24N4O3S. The van der Waals surface area contributed by atoms with Gasteiger partial charge in [0.1, 0.15) is 0 Å². The van der Waals surface area contributed by atoms with Gasteiger partial charge in [0.15, 0.2) is 5.96 Å². The normalized spacial score (nSPS) is 12.5. The first-order chi connectivity index (χ1) is 8.55. The lowest BCUT2D eigenvalue weighted by atomic mass is 10.6. The van der Waals surface area contributed by atoms with E-state index in [1.807, 2.05) is 6.92 Å². The molecule has 7 nitrogen and oxygen atoms in total. The molecule has 0 atom stereocenters. The summed E-state index contributed by atoms with van der Waals surface area (Å²) < 4.78 is 30.0. The van der Waals surface area contributed by atoms with Crippen LogP contribution in [0.2, 0.25) is 0 Å². The summed E-state index contributed by atoms with van der Waals surface area (Å²) in [5.74, 6) is 0.722. The predicted molar refractivity (Wildman–Crippen MR) is 73.3 cm³/mol. The molecule has 0 spiro atoms. The van der Waals surface area contributed by atoms with Crippen molar-refractivity contribution in [1.29, 1.82) is 0 Å². The number of ether oxygens (including phenoxy) is 1. The molecule has 0 aromatic heterocycles. The molecule has 0 saturated carbocycles. The summed E-state index contributed by atoms with van der Waals surface area (Å²) in [7, 11) is -1.46. The molecule has 0 aliphatic carbocycles. The summed E-state index contributed by atoms with van der Waals surface area (Å²) in [6.07, 6.45) is 0. The van der Waals surface area contributed by atoms with Gasteiger partial charge in [-0.15, -0.1) is 0 Å². The third kappa shape index (κ3) is 9.20. The number of sulfonamides is 1.